The SMILES string of the molecule is CCCc1cc(=O)[nH]c2nnc(SCC(=O)Nc3ccc(C(=O)OCC)cc3)n12. The average molecular weight is 415 g/mol. The van der Waals surface area contributed by atoms with Crippen LogP contribution in [0, 0.1) is 0 Å². The van der Waals surface area contributed by atoms with E-state index in [1.807, 2.05) is 6.92 Å². The number of ether oxygens (including phenoxy) is 1. The summed E-state index contributed by atoms with van der Waals surface area (Å²) in [6.45, 7) is 4.07. The van der Waals surface area contributed by atoms with Crippen LogP contribution in [0.3, 0.4) is 0 Å². The maximum absolute atomic E-state index is 12.3. The highest BCUT2D eigenvalue weighted by Crippen LogP contribution is 2.19. The number of hydrogen-bond acceptors (Lipinski definition) is 7. The van der Waals surface area contributed by atoms with Gasteiger partial charge in [0.1, 0.15) is 0 Å². The molecule has 0 aliphatic carbocycles. The minimum absolute atomic E-state index is 0.116. The molecule has 0 spiro atoms. The molecule has 0 saturated heterocycles. The predicted octanol–water partition coefficient (Wildman–Crippen LogP) is 2.28. The van der Waals surface area contributed by atoms with Gasteiger partial charge in [-0.2, -0.15) is 0 Å². The minimum atomic E-state index is -0.402. The minimum Gasteiger partial charge on any atom is -0.462 e. The molecule has 152 valence electrons. The van der Waals surface area contributed by atoms with Gasteiger partial charge in [0, 0.05) is 17.4 Å². The van der Waals surface area contributed by atoms with Crippen LogP contribution in [-0.4, -0.2) is 43.8 Å². The van der Waals surface area contributed by atoms with Gasteiger partial charge < -0.3 is 10.1 Å². The van der Waals surface area contributed by atoms with Crippen molar-refractivity contribution in [2.24, 2.45) is 0 Å². The van der Waals surface area contributed by atoms with E-state index < -0.39 is 5.97 Å². The Kier molecular flexibility index (Phi) is 6.65. The summed E-state index contributed by atoms with van der Waals surface area (Å²) in [7, 11) is 0. The summed E-state index contributed by atoms with van der Waals surface area (Å²) >= 11 is 1.23. The molecule has 29 heavy (non-hydrogen) atoms. The summed E-state index contributed by atoms with van der Waals surface area (Å²) in [6.07, 6.45) is 1.56. The molecule has 2 heterocycles. The molecular formula is C19H21N5O4S. The fraction of sp³-hybridized carbons (Fsp3) is 0.316. The number of carbonyl (C=O) groups is 2. The number of esters is 1. The standard InChI is InChI=1S/C19H21N5O4S/c1-3-5-14-10-15(25)21-18-22-23-19(24(14)18)29-11-16(26)20-13-8-6-12(7-9-13)17(27)28-4-2/h6-10H,3-5,11H2,1-2H3,(H,20,26)(H,21,22,25). The Bertz CT molecular complexity index is 1070. The molecule has 3 aromatic rings. The highest BCUT2D eigenvalue weighted by molar-refractivity contribution is 7.99. The van der Waals surface area contributed by atoms with Gasteiger partial charge in [0.05, 0.1) is 17.9 Å². The number of amides is 1. The molecule has 1 aromatic carbocycles. The molecule has 10 heteroatoms. The average Bonchev–Trinajstić information content (AvgIpc) is 3.10. The van der Waals surface area contributed by atoms with Crippen LogP contribution in [0.2, 0.25) is 0 Å². The van der Waals surface area contributed by atoms with Gasteiger partial charge in [-0.1, -0.05) is 25.1 Å². The highest BCUT2D eigenvalue weighted by atomic mass is 32.2. The number of benzene rings is 1. The molecule has 0 atom stereocenters. The van der Waals surface area contributed by atoms with E-state index >= 15 is 0 Å². The molecule has 0 radical (unpaired) electrons. The Morgan fingerprint density at radius 1 is 1.21 bits per heavy atom. The second-order valence-electron chi connectivity index (χ2n) is 6.15. The van der Waals surface area contributed by atoms with E-state index in [-0.39, 0.29) is 17.2 Å². The zero-order valence-electron chi connectivity index (χ0n) is 16.1. The van der Waals surface area contributed by atoms with Crippen molar-refractivity contribution in [3.8, 4) is 0 Å². The van der Waals surface area contributed by atoms with Gasteiger partial charge in [0.25, 0.3) is 5.56 Å². The number of aryl methyl sites for hydroxylation is 1. The lowest BCUT2D eigenvalue weighted by atomic mass is 10.2. The summed E-state index contributed by atoms with van der Waals surface area (Å²) in [5, 5.41) is 11.4. The summed E-state index contributed by atoms with van der Waals surface area (Å²) in [5.74, 6) is -0.151. The second kappa shape index (κ2) is 9.37. The number of nitrogens with zero attached hydrogens (tertiary/aromatic N) is 3. The van der Waals surface area contributed by atoms with Crippen molar-refractivity contribution in [2.45, 2.75) is 31.8 Å². The quantitative estimate of drug-likeness (QED) is 0.428. The van der Waals surface area contributed by atoms with Gasteiger partial charge in [-0.05, 0) is 37.6 Å². The first-order valence-corrected chi connectivity index (χ1v) is 10.2. The maximum atomic E-state index is 12.3. The van der Waals surface area contributed by atoms with Crippen LogP contribution in [0.1, 0.15) is 36.3 Å². The summed E-state index contributed by atoms with van der Waals surface area (Å²) < 4.78 is 6.69. The zero-order valence-corrected chi connectivity index (χ0v) is 16.9. The van der Waals surface area contributed by atoms with Crippen molar-refractivity contribution < 1.29 is 14.3 Å². The third-order valence-corrected chi connectivity index (χ3v) is 4.90. The Morgan fingerprint density at radius 3 is 2.66 bits per heavy atom. The third kappa shape index (κ3) is 5.02. The number of carbonyl (C=O) groups excluding carboxylic acids is 2. The molecule has 2 aromatic heterocycles. The van der Waals surface area contributed by atoms with Crippen LogP contribution in [0.5, 0.6) is 0 Å². The second-order valence-corrected chi connectivity index (χ2v) is 7.09. The van der Waals surface area contributed by atoms with Crippen molar-refractivity contribution in [1.29, 1.82) is 0 Å². The Labute approximate surface area is 170 Å². The van der Waals surface area contributed by atoms with E-state index in [4.69, 9.17) is 4.74 Å². The molecule has 9 nitrogen and oxygen atoms in total. The maximum Gasteiger partial charge on any atom is 0.338 e. The zero-order chi connectivity index (χ0) is 20.8. The largest absolute Gasteiger partial charge is 0.462 e. The number of aromatic amines is 1. The van der Waals surface area contributed by atoms with Crippen molar-refractivity contribution in [1.82, 2.24) is 19.6 Å². The first kappa shape index (κ1) is 20.6. The van der Waals surface area contributed by atoms with E-state index in [9.17, 15) is 14.4 Å². The van der Waals surface area contributed by atoms with Crippen molar-refractivity contribution in [3.63, 3.8) is 0 Å². The van der Waals surface area contributed by atoms with Crippen LogP contribution < -0.4 is 10.9 Å². The smallest absolute Gasteiger partial charge is 0.338 e. The molecule has 0 fully saturated rings. The van der Waals surface area contributed by atoms with Gasteiger partial charge in [0.2, 0.25) is 11.7 Å². The van der Waals surface area contributed by atoms with Crippen molar-refractivity contribution >= 4 is 35.1 Å². The van der Waals surface area contributed by atoms with E-state index in [1.165, 1.54) is 17.8 Å². The molecule has 0 aliphatic rings. The Morgan fingerprint density at radius 2 is 1.97 bits per heavy atom. The predicted molar refractivity (Wildman–Crippen MR) is 109 cm³/mol. The number of H-pyrrole nitrogens is 1. The van der Waals surface area contributed by atoms with E-state index in [2.05, 4.69) is 20.5 Å². The number of anilines is 1. The molecule has 2 N–H and O–H groups in total. The molecular weight excluding hydrogens is 394 g/mol. The number of nitrogens with one attached hydrogen (secondary N) is 2. The molecule has 0 saturated carbocycles. The molecule has 3 rings (SSSR count). The fourth-order valence-electron chi connectivity index (χ4n) is 2.74. The first-order valence-electron chi connectivity index (χ1n) is 9.19. The number of aromatic nitrogens is 4. The molecule has 0 bridgehead atoms. The monoisotopic (exact) mass is 415 g/mol. The van der Waals surface area contributed by atoms with Gasteiger partial charge in [0.15, 0.2) is 5.16 Å². The van der Waals surface area contributed by atoms with Crippen LogP contribution in [0.4, 0.5) is 5.69 Å². The lowest BCUT2D eigenvalue weighted by Crippen LogP contribution is -2.15. The van der Waals surface area contributed by atoms with Crippen LogP contribution >= 0.6 is 11.8 Å². The lowest BCUT2D eigenvalue weighted by Gasteiger charge is -2.07. The topological polar surface area (TPSA) is 118 Å². The van der Waals surface area contributed by atoms with Crippen LogP contribution in [-0.2, 0) is 16.0 Å². The van der Waals surface area contributed by atoms with E-state index in [0.29, 0.717) is 35.2 Å². The first-order chi connectivity index (χ1) is 14.0. The van der Waals surface area contributed by atoms with E-state index in [0.717, 1.165) is 12.1 Å². The third-order valence-electron chi connectivity index (χ3n) is 3.97. The molecule has 1 amide bonds. The summed E-state index contributed by atoms with van der Waals surface area (Å²) in [5.41, 5.74) is 1.57. The number of thioether (sulfide) groups is 1. The van der Waals surface area contributed by atoms with Gasteiger partial charge in [-0.25, -0.2) is 4.79 Å². The van der Waals surface area contributed by atoms with Crippen LogP contribution in [0.15, 0.2) is 40.3 Å². The normalized spacial score (nSPS) is 10.8. The van der Waals surface area contributed by atoms with E-state index in [1.54, 1.807) is 35.6 Å². The lowest BCUT2D eigenvalue weighted by molar-refractivity contribution is -0.113. The number of fused-ring (bicyclic) bond motifs is 1. The summed E-state index contributed by atoms with van der Waals surface area (Å²) in [6, 6.07) is 8.01. The molecule has 0 aliphatic heterocycles. The van der Waals surface area contributed by atoms with Gasteiger partial charge in [-0.3, -0.25) is 19.0 Å². The van der Waals surface area contributed by atoms with Gasteiger partial charge in [-0.15, -0.1) is 10.2 Å². The van der Waals surface area contributed by atoms with Gasteiger partial charge >= 0.3 is 5.97 Å². The fourth-order valence-corrected chi connectivity index (χ4v) is 3.50. The van der Waals surface area contributed by atoms with Crippen molar-refractivity contribution in [3.05, 3.63) is 51.9 Å². The molecule has 0 unspecified atom stereocenters. The number of rotatable bonds is 8. The van der Waals surface area contributed by atoms with Crippen molar-refractivity contribution in [2.75, 3.05) is 17.7 Å². The van der Waals surface area contributed by atoms with Crippen LogP contribution in [0.25, 0.3) is 5.78 Å². The number of hydrogen-bond donors (Lipinski definition) is 2. The summed E-state index contributed by atoms with van der Waals surface area (Å²) in [4.78, 5) is 38.3. The Balaban J connectivity index is 1.65. The highest BCUT2D eigenvalue weighted by Gasteiger charge is 2.14. The Hall–Kier alpha value is -3.14.